The SMILES string of the molecule is Nc1cncc(-c2cn3ccnc3c(Nc3ccc(N4CCN(C(=O)CCCCOc5cccc6c5C(=O)N(C5CCC(=O)NC5=O)C6=O)CC4)cc3)n2)n1. The van der Waals surface area contributed by atoms with Crippen LogP contribution in [0.25, 0.3) is 17.0 Å². The Morgan fingerprint density at radius 2 is 1.76 bits per heavy atom. The van der Waals surface area contributed by atoms with Gasteiger partial charge in [0.1, 0.15) is 29.0 Å². The van der Waals surface area contributed by atoms with E-state index in [1.807, 2.05) is 46.0 Å². The highest BCUT2D eigenvalue weighted by atomic mass is 16.5. The Morgan fingerprint density at radius 1 is 0.945 bits per heavy atom. The number of ether oxygens (including phenoxy) is 1. The van der Waals surface area contributed by atoms with E-state index in [0.29, 0.717) is 74.1 Å². The Hall–Kier alpha value is -6.91. The Bertz CT molecular complexity index is 2320. The summed E-state index contributed by atoms with van der Waals surface area (Å²) in [4.78, 5) is 86.1. The number of fused-ring (bicyclic) bond motifs is 2. The zero-order chi connectivity index (χ0) is 38.1. The van der Waals surface area contributed by atoms with Crippen LogP contribution in [0.15, 0.2) is 73.4 Å². The van der Waals surface area contributed by atoms with Crippen LogP contribution < -0.4 is 26.0 Å². The molecule has 6 heterocycles. The molecule has 0 radical (unpaired) electrons. The van der Waals surface area contributed by atoms with Crippen molar-refractivity contribution in [1.82, 2.24) is 39.5 Å². The average molecular weight is 744 g/mol. The van der Waals surface area contributed by atoms with E-state index in [-0.39, 0.29) is 42.2 Å². The molecule has 2 saturated heterocycles. The summed E-state index contributed by atoms with van der Waals surface area (Å²) in [6.45, 7) is 2.85. The maximum atomic E-state index is 13.3. The van der Waals surface area contributed by atoms with Crippen molar-refractivity contribution in [3.63, 3.8) is 0 Å². The third-order valence-electron chi connectivity index (χ3n) is 9.89. The van der Waals surface area contributed by atoms with Crippen LogP contribution in [0.5, 0.6) is 5.75 Å². The topological polar surface area (TPSA) is 210 Å². The molecule has 55 heavy (non-hydrogen) atoms. The first kappa shape index (κ1) is 35.1. The predicted molar refractivity (Wildman–Crippen MR) is 199 cm³/mol. The number of rotatable bonds is 11. The summed E-state index contributed by atoms with van der Waals surface area (Å²) >= 11 is 0. The highest BCUT2D eigenvalue weighted by Crippen LogP contribution is 2.34. The van der Waals surface area contributed by atoms with Crippen molar-refractivity contribution in [1.29, 1.82) is 0 Å². The van der Waals surface area contributed by atoms with Crippen molar-refractivity contribution in [3.05, 3.63) is 84.6 Å². The smallest absolute Gasteiger partial charge is 0.266 e. The predicted octanol–water partition coefficient (Wildman–Crippen LogP) is 2.81. The molecular formula is C38H37N11O6. The molecule has 3 aliphatic heterocycles. The lowest BCUT2D eigenvalue weighted by Crippen LogP contribution is -2.54. The quantitative estimate of drug-likeness (QED) is 0.131. The number of carbonyl (C=O) groups is 5. The normalized spacial score (nSPS) is 17.1. The number of hydrogen-bond acceptors (Lipinski definition) is 13. The number of nitrogens with zero attached hydrogens (tertiary/aromatic N) is 8. The standard InChI is InChI=1S/C38H37N11O6/c39-30-21-40-20-26(43-30)27-22-48-14-13-41-35(48)34(44-27)42-23-7-9-24(10-8-23)46-15-17-47(18-16-46)32(51)6-1-2-19-55-29-5-3-4-25-33(29)38(54)49(37(25)53)28-11-12-31(50)45-36(28)52/h3-5,7-10,13-14,20-22,28H,1-2,6,11-12,15-19H2,(H2,39,43)(H,42,44)(H,45,50,52). The maximum Gasteiger partial charge on any atom is 0.266 e. The van der Waals surface area contributed by atoms with Gasteiger partial charge in [0.25, 0.3) is 11.8 Å². The largest absolute Gasteiger partial charge is 0.493 e. The summed E-state index contributed by atoms with van der Waals surface area (Å²) in [5.41, 5.74) is 9.80. The number of imidazole rings is 1. The van der Waals surface area contributed by atoms with Crippen molar-refractivity contribution >= 4 is 58.2 Å². The highest BCUT2D eigenvalue weighted by molar-refractivity contribution is 6.24. The molecule has 2 aromatic carbocycles. The number of nitrogen functional groups attached to an aromatic ring is 1. The van der Waals surface area contributed by atoms with E-state index < -0.39 is 29.7 Å². The molecule has 0 aliphatic carbocycles. The minimum atomic E-state index is -1.05. The van der Waals surface area contributed by atoms with Crippen LogP contribution in [0.2, 0.25) is 0 Å². The van der Waals surface area contributed by atoms with Gasteiger partial charge in [-0.1, -0.05) is 6.07 Å². The molecule has 2 fully saturated rings. The van der Waals surface area contributed by atoms with Gasteiger partial charge in [0, 0.05) is 69.0 Å². The zero-order valence-corrected chi connectivity index (χ0v) is 29.7. The average Bonchev–Trinajstić information content (AvgIpc) is 3.77. The van der Waals surface area contributed by atoms with Crippen LogP contribution in [-0.2, 0) is 14.4 Å². The minimum Gasteiger partial charge on any atom is -0.493 e. The highest BCUT2D eigenvalue weighted by Gasteiger charge is 2.46. The fourth-order valence-electron chi connectivity index (χ4n) is 7.07. The zero-order valence-electron chi connectivity index (χ0n) is 29.7. The summed E-state index contributed by atoms with van der Waals surface area (Å²) in [5.74, 6) is -1.11. The molecule has 1 atom stereocenters. The van der Waals surface area contributed by atoms with E-state index in [0.717, 1.165) is 16.3 Å². The lowest BCUT2D eigenvalue weighted by molar-refractivity contribution is -0.136. The second-order valence-electron chi connectivity index (χ2n) is 13.4. The number of nitrogens with one attached hydrogen (secondary N) is 2. The third kappa shape index (κ3) is 7.10. The molecule has 280 valence electrons. The number of aromatic nitrogens is 5. The first-order valence-corrected chi connectivity index (χ1v) is 18.0. The summed E-state index contributed by atoms with van der Waals surface area (Å²) in [7, 11) is 0. The lowest BCUT2D eigenvalue weighted by Gasteiger charge is -2.36. The molecular weight excluding hydrogens is 706 g/mol. The van der Waals surface area contributed by atoms with Gasteiger partial charge >= 0.3 is 0 Å². The second kappa shape index (κ2) is 14.8. The third-order valence-corrected chi connectivity index (χ3v) is 9.89. The molecule has 0 saturated carbocycles. The molecule has 5 amide bonds. The number of benzene rings is 2. The summed E-state index contributed by atoms with van der Waals surface area (Å²) in [6, 6.07) is 11.7. The van der Waals surface area contributed by atoms with Crippen molar-refractivity contribution < 1.29 is 28.7 Å². The second-order valence-corrected chi connectivity index (χ2v) is 13.4. The number of amides is 5. The van der Waals surface area contributed by atoms with Crippen LogP contribution in [-0.4, -0.2) is 103 Å². The first-order chi connectivity index (χ1) is 26.7. The molecule has 0 spiro atoms. The van der Waals surface area contributed by atoms with E-state index in [2.05, 4.69) is 30.5 Å². The molecule has 17 nitrogen and oxygen atoms in total. The van der Waals surface area contributed by atoms with Gasteiger partial charge in [0.2, 0.25) is 17.7 Å². The van der Waals surface area contributed by atoms with Crippen LogP contribution in [0.3, 0.4) is 0 Å². The molecule has 5 aromatic rings. The van der Waals surface area contributed by atoms with Gasteiger partial charge in [-0.25, -0.2) is 15.0 Å². The minimum absolute atomic E-state index is 0.0452. The van der Waals surface area contributed by atoms with Crippen molar-refractivity contribution in [3.8, 4) is 17.1 Å². The van der Waals surface area contributed by atoms with Crippen molar-refractivity contribution in [2.45, 2.75) is 38.1 Å². The Balaban J connectivity index is 0.799. The number of carbonyl (C=O) groups excluding carboxylic acids is 5. The first-order valence-electron chi connectivity index (χ1n) is 18.0. The van der Waals surface area contributed by atoms with E-state index in [1.54, 1.807) is 24.5 Å². The van der Waals surface area contributed by atoms with Gasteiger partial charge in [-0.2, -0.15) is 0 Å². The maximum absolute atomic E-state index is 13.3. The number of nitrogens with two attached hydrogens (primary N) is 1. The fourth-order valence-corrected chi connectivity index (χ4v) is 7.07. The molecule has 3 aliphatic rings. The number of hydrogen-bond donors (Lipinski definition) is 3. The molecule has 4 N–H and O–H groups in total. The van der Waals surface area contributed by atoms with E-state index in [9.17, 15) is 24.0 Å². The Morgan fingerprint density at radius 3 is 2.55 bits per heavy atom. The number of unbranched alkanes of at least 4 members (excludes halogenated alkanes) is 1. The molecule has 8 rings (SSSR count). The van der Waals surface area contributed by atoms with E-state index in [1.165, 1.54) is 12.3 Å². The summed E-state index contributed by atoms with van der Waals surface area (Å²) in [5, 5.41) is 5.57. The molecule has 17 heteroatoms. The lowest BCUT2D eigenvalue weighted by atomic mass is 10.0. The number of anilines is 4. The number of imide groups is 2. The molecule has 0 bridgehead atoms. The number of piperazine rings is 1. The van der Waals surface area contributed by atoms with Gasteiger partial charge in [0.05, 0.1) is 30.1 Å². The van der Waals surface area contributed by atoms with Crippen LogP contribution in [0.1, 0.15) is 52.8 Å². The fraction of sp³-hybridized carbons (Fsp3) is 0.289. The number of piperidine rings is 1. The van der Waals surface area contributed by atoms with Crippen molar-refractivity contribution in [2.75, 3.05) is 48.7 Å². The van der Waals surface area contributed by atoms with E-state index in [4.69, 9.17) is 15.5 Å². The Kier molecular flexibility index (Phi) is 9.48. The van der Waals surface area contributed by atoms with Crippen LogP contribution >= 0.6 is 0 Å². The van der Waals surface area contributed by atoms with Crippen molar-refractivity contribution in [2.24, 2.45) is 0 Å². The van der Waals surface area contributed by atoms with Crippen LogP contribution in [0, 0.1) is 0 Å². The molecule has 3 aromatic heterocycles. The van der Waals surface area contributed by atoms with Gasteiger partial charge in [-0.15, -0.1) is 0 Å². The summed E-state index contributed by atoms with van der Waals surface area (Å²) < 4.78 is 7.78. The summed E-state index contributed by atoms with van der Waals surface area (Å²) in [6.07, 6.45) is 10.1. The van der Waals surface area contributed by atoms with E-state index >= 15 is 0 Å². The molecule has 1 unspecified atom stereocenters. The Labute approximate surface area is 314 Å². The van der Waals surface area contributed by atoms with Gasteiger partial charge < -0.3 is 30.0 Å². The van der Waals surface area contributed by atoms with Gasteiger partial charge in [-0.05, 0) is 55.7 Å². The van der Waals surface area contributed by atoms with Gasteiger partial charge in [-0.3, -0.25) is 39.2 Å². The monoisotopic (exact) mass is 743 g/mol. The van der Waals surface area contributed by atoms with Crippen LogP contribution in [0.4, 0.5) is 23.0 Å². The van der Waals surface area contributed by atoms with Gasteiger partial charge in [0.15, 0.2) is 11.5 Å².